The van der Waals surface area contributed by atoms with Crippen molar-refractivity contribution in [3.8, 4) is 0 Å². The first-order chi connectivity index (χ1) is 7.74. The number of fused-ring (bicyclic) bond motifs is 1. The first-order valence-corrected chi connectivity index (χ1v) is 5.14. The van der Waals surface area contributed by atoms with Crippen molar-refractivity contribution in [1.29, 1.82) is 0 Å². The third kappa shape index (κ3) is 1.31. The van der Waals surface area contributed by atoms with E-state index < -0.39 is 5.97 Å². The van der Waals surface area contributed by atoms with Crippen molar-refractivity contribution >= 4 is 11.7 Å². The lowest BCUT2D eigenvalue weighted by Crippen LogP contribution is -2.20. The monoisotopic (exact) mass is 214 g/mol. The van der Waals surface area contributed by atoms with Gasteiger partial charge in [-0.05, 0) is 30.1 Å². The molecule has 16 heavy (non-hydrogen) atoms. The van der Waals surface area contributed by atoms with Crippen LogP contribution in [0.5, 0.6) is 0 Å². The van der Waals surface area contributed by atoms with Crippen molar-refractivity contribution in [3.63, 3.8) is 0 Å². The van der Waals surface area contributed by atoms with Gasteiger partial charge in [0, 0.05) is 12.4 Å². The van der Waals surface area contributed by atoms with Gasteiger partial charge in [0.05, 0.1) is 0 Å². The Kier molecular flexibility index (Phi) is 1.83. The van der Waals surface area contributed by atoms with E-state index in [2.05, 4.69) is 11.1 Å². The molecule has 0 radical (unpaired) electrons. The van der Waals surface area contributed by atoms with Crippen molar-refractivity contribution < 1.29 is 9.90 Å². The topological polar surface area (TPSA) is 52.9 Å². The number of carboxylic acid groups (broad SMARTS) is 1. The summed E-state index contributed by atoms with van der Waals surface area (Å²) < 4.78 is 0. The molecule has 1 N–H and O–H groups in total. The molecule has 1 aliphatic carbocycles. The molecule has 0 unspecified atom stereocenters. The second-order valence-electron chi connectivity index (χ2n) is 3.91. The van der Waals surface area contributed by atoms with Gasteiger partial charge in [0.25, 0.3) is 0 Å². The summed E-state index contributed by atoms with van der Waals surface area (Å²) in [5.41, 5.74) is 2.44. The summed E-state index contributed by atoms with van der Waals surface area (Å²) in [5.74, 6) is -0.247. The van der Waals surface area contributed by atoms with Gasteiger partial charge in [-0.3, -0.25) is 0 Å². The van der Waals surface area contributed by atoms with E-state index in [1.807, 2.05) is 17.2 Å². The third-order valence-electron chi connectivity index (χ3n) is 2.86. The summed E-state index contributed by atoms with van der Waals surface area (Å²) in [6.45, 7) is 0. The quantitative estimate of drug-likeness (QED) is 0.724. The zero-order valence-electron chi connectivity index (χ0n) is 8.55. The molecule has 0 atom stereocenters. The molecule has 0 fully saturated rings. The standard InChI is InChI=1S/C12H10N2O2/c15-12(16)10-5-6-14-7-8-1-3-9(4-2-8)11(14)13-10/h1,3,5-7H,2,4H2,(H,15,16). The Labute approximate surface area is 92.6 Å². The lowest BCUT2D eigenvalue weighted by atomic mass is 9.99. The molecule has 3 aliphatic heterocycles. The summed E-state index contributed by atoms with van der Waals surface area (Å²) in [4.78, 5) is 16.9. The highest BCUT2D eigenvalue weighted by molar-refractivity contribution is 6.40. The van der Waals surface area contributed by atoms with Crippen LogP contribution in [-0.2, 0) is 4.79 Å². The maximum atomic E-state index is 10.9. The molecule has 0 saturated heterocycles. The van der Waals surface area contributed by atoms with E-state index in [0.29, 0.717) is 0 Å². The molecule has 0 saturated carbocycles. The fraction of sp³-hybridized carbons (Fsp3) is 0.167. The highest BCUT2D eigenvalue weighted by atomic mass is 16.4. The number of hydrogen-bond donors (Lipinski definition) is 1. The van der Waals surface area contributed by atoms with E-state index in [-0.39, 0.29) is 5.71 Å². The molecule has 0 aromatic rings. The average Bonchev–Trinajstić information content (AvgIpc) is 2.57. The van der Waals surface area contributed by atoms with Crippen molar-refractivity contribution in [2.24, 2.45) is 4.99 Å². The number of nitrogens with zero attached hydrogens (tertiary/aromatic N) is 2. The summed E-state index contributed by atoms with van der Waals surface area (Å²) in [6.07, 6.45) is 11.3. The summed E-state index contributed by atoms with van der Waals surface area (Å²) in [7, 11) is 0. The lowest BCUT2D eigenvalue weighted by Gasteiger charge is -2.20. The fourth-order valence-electron chi connectivity index (χ4n) is 2.02. The maximum absolute atomic E-state index is 10.9. The second-order valence-corrected chi connectivity index (χ2v) is 3.91. The first kappa shape index (κ1) is 9.15. The highest BCUT2D eigenvalue weighted by Crippen LogP contribution is 2.32. The SMILES string of the molecule is O=C(O)C1=NC2=C3C=CC(=CN2C=C1)CC3. The first-order valence-electron chi connectivity index (χ1n) is 5.14. The molecule has 4 aliphatic rings. The van der Waals surface area contributed by atoms with Crippen molar-refractivity contribution in [3.05, 3.63) is 47.6 Å². The van der Waals surface area contributed by atoms with Gasteiger partial charge in [0.15, 0.2) is 5.71 Å². The van der Waals surface area contributed by atoms with Crippen LogP contribution in [0.1, 0.15) is 12.8 Å². The Hall–Kier alpha value is -2.10. The second kappa shape index (κ2) is 3.20. The molecule has 0 aromatic heterocycles. The van der Waals surface area contributed by atoms with Crippen molar-refractivity contribution in [1.82, 2.24) is 4.90 Å². The van der Waals surface area contributed by atoms with Gasteiger partial charge in [-0.2, -0.15) is 0 Å². The Balaban J connectivity index is 2.14. The number of carbonyl (C=O) groups is 1. The van der Waals surface area contributed by atoms with E-state index in [1.54, 1.807) is 6.20 Å². The van der Waals surface area contributed by atoms with E-state index in [4.69, 9.17) is 5.11 Å². The number of carboxylic acids is 1. The number of aliphatic imine (C=N–C) groups is 1. The lowest BCUT2D eigenvalue weighted by molar-refractivity contribution is -0.129. The van der Waals surface area contributed by atoms with Crippen LogP contribution in [0.3, 0.4) is 0 Å². The predicted molar refractivity (Wildman–Crippen MR) is 59.5 cm³/mol. The van der Waals surface area contributed by atoms with Crippen LogP contribution < -0.4 is 0 Å². The van der Waals surface area contributed by atoms with E-state index >= 15 is 0 Å². The van der Waals surface area contributed by atoms with Crippen LogP contribution in [0, 0.1) is 0 Å². The Morgan fingerprint density at radius 2 is 2.19 bits per heavy atom. The Bertz CT molecular complexity index is 521. The van der Waals surface area contributed by atoms with Crippen molar-refractivity contribution in [2.45, 2.75) is 12.8 Å². The summed E-state index contributed by atoms with van der Waals surface area (Å²) >= 11 is 0. The minimum atomic E-state index is -0.987. The van der Waals surface area contributed by atoms with E-state index in [9.17, 15) is 4.79 Å². The molecular formula is C12H10N2O2. The van der Waals surface area contributed by atoms with Crippen LogP contribution in [0.25, 0.3) is 0 Å². The van der Waals surface area contributed by atoms with Crippen LogP contribution in [0.4, 0.5) is 0 Å². The number of allylic oxidation sites excluding steroid dienone is 4. The molecule has 4 rings (SSSR count). The van der Waals surface area contributed by atoms with Gasteiger partial charge in [0.1, 0.15) is 5.82 Å². The minimum Gasteiger partial charge on any atom is -0.477 e. The number of rotatable bonds is 1. The number of aliphatic carboxylic acids is 1. The Morgan fingerprint density at radius 1 is 1.31 bits per heavy atom. The van der Waals surface area contributed by atoms with Gasteiger partial charge in [-0.15, -0.1) is 0 Å². The molecule has 80 valence electrons. The molecule has 4 heteroatoms. The van der Waals surface area contributed by atoms with Gasteiger partial charge in [0.2, 0.25) is 0 Å². The van der Waals surface area contributed by atoms with Gasteiger partial charge in [-0.25, -0.2) is 9.79 Å². The molecule has 3 heterocycles. The minimum absolute atomic E-state index is 0.0934. The van der Waals surface area contributed by atoms with E-state index in [0.717, 1.165) is 24.2 Å². The summed E-state index contributed by atoms with van der Waals surface area (Å²) in [6, 6.07) is 0. The van der Waals surface area contributed by atoms with Crippen LogP contribution >= 0.6 is 0 Å². The van der Waals surface area contributed by atoms with Gasteiger partial charge >= 0.3 is 5.97 Å². The van der Waals surface area contributed by atoms with Crippen LogP contribution in [0.15, 0.2) is 52.6 Å². The van der Waals surface area contributed by atoms with Gasteiger partial charge < -0.3 is 10.0 Å². The predicted octanol–water partition coefficient (Wildman–Crippen LogP) is 1.80. The van der Waals surface area contributed by atoms with Gasteiger partial charge in [-0.1, -0.05) is 12.2 Å². The fourth-order valence-corrected chi connectivity index (χ4v) is 2.02. The molecular weight excluding hydrogens is 204 g/mol. The molecule has 4 nitrogen and oxygen atoms in total. The normalized spacial score (nSPS) is 21.6. The average molecular weight is 214 g/mol. The molecule has 0 aromatic carbocycles. The zero-order valence-corrected chi connectivity index (χ0v) is 8.55. The van der Waals surface area contributed by atoms with Crippen LogP contribution in [0.2, 0.25) is 0 Å². The maximum Gasteiger partial charge on any atom is 0.354 e. The molecule has 0 amide bonds. The molecule has 0 spiro atoms. The summed E-state index contributed by atoms with van der Waals surface area (Å²) in [5, 5.41) is 8.91. The zero-order chi connectivity index (χ0) is 11.1. The smallest absolute Gasteiger partial charge is 0.354 e. The Morgan fingerprint density at radius 3 is 2.88 bits per heavy atom. The molecule has 2 bridgehead atoms. The van der Waals surface area contributed by atoms with Crippen molar-refractivity contribution in [2.75, 3.05) is 0 Å². The largest absolute Gasteiger partial charge is 0.477 e. The third-order valence-corrected chi connectivity index (χ3v) is 2.86. The number of hydrogen-bond acceptors (Lipinski definition) is 3. The highest BCUT2D eigenvalue weighted by Gasteiger charge is 2.22. The van der Waals surface area contributed by atoms with E-state index in [1.165, 1.54) is 11.6 Å². The van der Waals surface area contributed by atoms with Crippen LogP contribution in [-0.4, -0.2) is 21.7 Å².